The fraction of sp³-hybridized carbons (Fsp3) is 0.476. The van der Waals surface area contributed by atoms with Crippen LogP contribution >= 0.6 is 0 Å². The van der Waals surface area contributed by atoms with Gasteiger partial charge in [0, 0.05) is 23.7 Å². The molecule has 8 heteroatoms. The standard InChI is InChI=1S/C21H28N4O4/c1-12(2)17(11-26)24-21-23-16(13-5-6-13)10-19(25-21)22-14-7-8-15(20(27)29-4)18(9-14)28-3/h7-10,12-13,17,26H,5-6,11H2,1-4H3,(H2,22,23,24,25)/t17-/m0/s1. The molecule has 1 aliphatic rings. The van der Waals surface area contributed by atoms with Crippen LogP contribution in [-0.2, 0) is 4.74 Å². The Balaban J connectivity index is 1.87. The lowest BCUT2D eigenvalue weighted by molar-refractivity contribution is 0.0597. The largest absolute Gasteiger partial charge is 0.496 e. The van der Waals surface area contributed by atoms with Gasteiger partial charge in [0.15, 0.2) is 0 Å². The van der Waals surface area contributed by atoms with Gasteiger partial charge in [0.05, 0.1) is 32.6 Å². The van der Waals surface area contributed by atoms with Crippen molar-refractivity contribution >= 4 is 23.4 Å². The average Bonchev–Trinajstić information content (AvgIpc) is 3.56. The van der Waals surface area contributed by atoms with Crippen molar-refractivity contribution in [1.29, 1.82) is 0 Å². The summed E-state index contributed by atoms with van der Waals surface area (Å²) in [5, 5.41) is 16.1. The summed E-state index contributed by atoms with van der Waals surface area (Å²) in [6, 6.07) is 6.95. The van der Waals surface area contributed by atoms with E-state index in [1.54, 1.807) is 18.2 Å². The summed E-state index contributed by atoms with van der Waals surface area (Å²) in [5.74, 6) is 1.76. The van der Waals surface area contributed by atoms with Gasteiger partial charge >= 0.3 is 5.97 Å². The molecule has 1 saturated carbocycles. The predicted molar refractivity (Wildman–Crippen MR) is 111 cm³/mol. The van der Waals surface area contributed by atoms with E-state index in [0.29, 0.717) is 29.0 Å². The number of ether oxygens (including phenoxy) is 2. The van der Waals surface area contributed by atoms with Crippen LogP contribution in [0.4, 0.5) is 17.5 Å². The van der Waals surface area contributed by atoms with Gasteiger partial charge in [-0.15, -0.1) is 0 Å². The molecule has 8 nitrogen and oxygen atoms in total. The minimum Gasteiger partial charge on any atom is -0.496 e. The lowest BCUT2D eigenvalue weighted by Gasteiger charge is -2.20. The van der Waals surface area contributed by atoms with Gasteiger partial charge < -0.3 is 25.2 Å². The van der Waals surface area contributed by atoms with Gasteiger partial charge in [-0.1, -0.05) is 13.8 Å². The Morgan fingerprint density at radius 1 is 1.24 bits per heavy atom. The fourth-order valence-electron chi connectivity index (χ4n) is 2.97. The Morgan fingerprint density at radius 3 is 2.59 bits per heavy atom. The van der Waals surface area contributed by atoms with E-state index in [1.165, 1.54) is 14.2 Å². The zero-order chi connectivity index (χ0) is 21.0. The first kappa shape index (κ1) is 20.9. The monoisotopic (exact) mass is 400 g/mol. The van der Waals surface area contributed by atoms with Gasteiger partial charge in [-0.25, -0.2) is 9.78 Å². The minimum atomic E-state index is -0.457. The number of carbonyl (C=O) groups is 1. The summed E-state index contributed by atoms with van der Waals surface area (Å²) in [5.41, 5.74) is 2.05. The molecule has 0 radical (unpaired) electrons. The molecule has 0 bridgehead atoms. The van der Waals surface area contributed by atoms with E-state index in [9.17, 15) is 9.90 Å². The topological polar surface area (TPSA) is 106 Å². The van der Waals surface area contributed by atoms with E-state index >= 15 is 0 Å². The molecule has 0 saturated heterocycles. The number of esters is 1. The Bertz CT molecular complexity index is 868. The first-order valence-electron chi connectivity index (χ1n) is 9.75. The third-order valence-corrected chi connectivity index (χ3v) is 4.94. The molecule has 1 atom stereocenters. The molecule has 1 aromatic heterocycles. The summed E-state index contributed by atoms with van der Waals surface area (Å²) in [6.07, 6.45) is 2.23. The molecule has 1 fully saturated rings. The summed E-state index contributed by atoms with van der Waals surface area (Å²) in [6.45, 7) is 4.07. The number of nitrogens with zero attached hydrogens (tertiary/aromatic N) is 2. The van der Waals surface area contributed by atoms with Gasteiger partial charge in [0.25, 0.3) is 0 Å². The zero-order valence-electron chi connectivity index (χ0n) is 17.2. The molecule has 1 heterocycles. The second-order valence-electron chi connectivity index (χ2n) is 7.48. The van der Waals surface area contributed by atoms with Gasteiger partial charge in [-0.2, -0.15) is 4.98 Å². The van der Waals surface area contributed by atoms with Crippen LogP contribution in [0, 0.1) is 5.92 Å². The van der Waals surface area contributed by atoms with Crippen LogP contribution in [0.3, 0.4) is 0 Å². The molecular weight excluding hydrogens is 372 g/mol. The van der Waals surface area contributed by atoms with Gasteiger partial charge in [0.2, 0.25) is 5.95 Å². The van der Waals surface area contributed by atoms with Crippen LogP contribution in [0.2, 0.25) is 0 Å². The molecule has 1 aromatic carbocycles. The molecule has 0 aliphatic heterocycles. The number of aliphatic hydroxyl groups is 1. The smallest absolute Gasteiger partial charge is 0.341 e. The summed E-state index contributed by atoms with van der Waals surface area (Å²) in [7, 11) is 2.84. The number of nitrogens with one attached hydrogen (secondary N) is 2. The van der Waals surface area contributed by atoms with Crippen LogP contribution in [-0.4, -0.2) is 47.9 Å². The SMILES string of the molecule is COC(=O)c1ccc(Nc2cc(C3CC3)nc(N[C@@H](CO)C(C)C)n2)cc1OC. The van der Waals surface area contributed by atoms with E-state index in [1.807, 2.05) is 19.9 Å². The highest BCUT2D eigenvalue weighted by molar-refractivity contribution is 5.93. The number of benzene rings is 1. The third-order valence-electron chi connectivity index (χ3n) is 4.94. The maximum Gasteiger partial charge on any atom is 0.341 e. The Labute approximate surface area is 170 Å². The second-order valence-corrected chi connectivity index (χ2v) is 7.48. The summed E-state index contributed by atoms with van der Waals surface area (Å²) >= 11 is 0. The fourth-order valence-corrected chi connectivity index (χ4v) is 2.97. The Hall–Kier alpha value is -2.87. The van der Waals surface area contributed by atoms with E-state index in [4.69, 9.17) is 9.47 Å². The van der Waals surface area contributed by atoms with Crippen molar-refractivity contribution in [2.24, 2.45) is 5.92 Å². The van der Waals surface area contributed by atoms with Crippen molar-refractivity contribution in [3.8, 4) is 5.75 Å². The quantitative estimate of drug-likeness (QED) is 0.551. The lowest BCUT2D eigenvalue weighted by atomic mass is 10.1. The Morgan fingerprint density at radius 2 is 2.00 bits per heavy atom. The van der Waals surface area contributed by atoms with E-state index in [2.05, 4.69) is 20.6 Å². The van der Waals surface area contributed by atoms with E-state index < -0.39 is 5.97 Å². The number of carbonyl (C=O) groups excluding carboxylic acids is 1. The molecule has 0 spiro atoms. The van der Waals surface area contributed by atoms with Crippen molar-refractivity contribution in [1.82, 2.24) is 9.97 Å². The molecule has 0 unspecified atom stereocenters. The highest BCUT2D eigenvalue weighted by Gasteiger charge is 2.27. The zero-order valence-corrected chi connectivity index (χ0v) is 17.2. The predicted octanol–water partition coefficient (Wildman–Crippen LogP) is 3.32. The molecule has 3 N–H and O–H groups in total. The highest BCUT2D eigenvalue weighted by atomic mass is 16.5. The Kier molecular flexibility index (Phi) is 6.53. The van der Waals surface area contributed by atoms with Gasteiger partial charge in [-0.3, -0.25) is 0 Å². The number of methoxy groups -OCH3 is 2. The molecule has 2 aromatic rings. The number of hydrogen-bond acceptors (Lipinski definition) is 8. The molecule has 156 valence electrons. The van der Waals surface area contributed by atoms with Crippen LogP contribution in [0.5, 0.6) is 5.75 Å². The first-order chi connectivity index (χ1) is 13.9. The molecule has 0 amide bonds. The third kappa shape index (κ3) is 5.14. The molecule has 29 heavy (non-hydrogen) atoms. The number of aromatic nitrogens is 2. The van der Waals surface area contributed by atoms with Crippen molar-refractivity contribution < 1.29 is 19.4 Å². The average molecular weight is 400 g/mol. The number of hydrogen-bond donors (Lipinski definition) is 3. The number of anilines is 3. The van der Waals surface area contributed by atoms with Crippen molar-refractivity contribution in [3.05, 3.63) is 35.5 Å². The highest BCUT2D eigenvalue weighted by Crippen LogP contribution is 2.40. The number of rotatable bonds is 9. The van der Waals surface area contributed by atoms with Crippen molar-refractivity contribution in [2.45, 2.75) is 38.6 Å². The number of aliphatic hydroxyl groups excluding tert-OH is 1. The maximum atomic E-state index is 11.8. The molecule has 3 rings (SSSR count). The first-order valence-corrected chi connectivity index (χ1v) is 9.75. The van der Waals surface area contributed by atoms with Crippen LogP contribution < -0.4 is 15.4 Å². The molecular formula is C21H28N4O4. The van der Waals surface area contributed by atoms with Crippen molar-refractivity contribution in [3.63, 3.8) is 0 Å². The van der Waals surface area contributed by atoms with Gasteiger partial charge in [-0.05, 0) is 30.9 Å². The van der Waals surface area contributed by atoms with E-state index in [0.717, 1.165) is 24.2 Å². The summed E-state index contributed by atoms with van der Waals surface area (Å²) < 4.78 is 10.1. The maximum absolute atomic E-state index is 11.8. The van der Waals surface area contributed by atoms with Gasteiger partial charge in [0.1, 0.15) is 17.1 Å². The minimum absolute atomic E-state index is 0.00361. The van der Waals surface area contributed by atoms with Crippen LogP contribution in [0.1, 0.15) is 48.7 Å². The normalized spacial score (nSPS) is 14.4. The molecule has 1 aliphatic carbocycles. The van der Waals surface area contributed by atoms with Crippen LogP contribution in [0.25, 0.3) is 0 Å². The lowest BCUT2D eigenvalue weighted by Crippen LogP contribution is -2.30. The second kappa shape index (κ2) is 9.09. The van der Waals surface area contributed by atoms with E-state index in [-0.39, 0.29) is 18.6 Å². The van der Waals surface area contributed by atoms with Crippen molar-refractivity contribution in [2.75, 3.05) is 31.5 Å². The summed E-state index contributed by atoms with van der Waals surface area (Å²) in [4.78, 5) is 21.0. The van der Waals surface area contributed by atoms with Crippen LogP contribution in [0.15, 0.2) is 24.3 Å².